The highest BCUT2D eigenvalue weighted by atomic mass is 32.1. The Morgan fingerprint density at radius 1 is 1.20 bits per heavy atom. The fourth-order valence-corrected chi connectivity index (χ4v) is 5.14. The van der Waals surface area contributed by atoms with Gasteiger partial charge < -0.3 is 19.1 Å². The lowest BCUT2D eigenvalue weighted by atomic mass is 10.1. The van der Waals surface area contributed by atoms with Gasteiger partial charge in [-0.15, -0.1) is 11.3 Å². The van der Waals surface area contributed by atoms with Crippen molar-refractivity contribution in [2.24, 2.45) is 7.05 Å². The van der Waals surface area contributed by atoms with Crippen molar-refractivity contribution in [3.63, 3.8) is 0 Å². The Morgan fingerprint density at radius 3 is 2.60 bits per heavy atom. The fraction of sp³-hybridized carbons (Fsp3) is 0.458. The van der Waals surface area contributed by atoms with Crippen LogP contribution in [0.1, 0.15) is 42.7 Å². The topological polar surface area (TPSA) is 37.7 Å². The van der Waals surface area contributed by atoms with E-state index in [-0.39, 0.29) is 12.0 Å². The zero-order chi connectivity index (χ0) is 21.1. The smallest absolute Gasteiger partial charge is 0.270 e. The maximum Gasteiger partial charge on any atom is 0.270 e. The van der Waals surface area contributed by atoms with E-state index in [2.05, 4.69) is 54.5 Å². The summed E-state index contributed by atoms with van der Waals surface area (Å²) in [5.74, 6) is 0.0734. The minimum atomic E-state index is 0.0734. The summed E-state index contributed by atoms with van der Waals surface area (Å²) in [6, 6.07) is 12.7. The predicted molar refractivity (Wildman–Crippen MR) is 125 cm³/mol. The number of benzene rings is 1. The second-order valence-corrected chi connectivity index (χ2v) is 8.87. The largest absolute Gasteiger partial charge is 0.376 e. The van der Waals surface area contributed by atoms with E-state index in [1.807, 2.05) is 22.6 Å². The SMILES string of the molecule is CCN(CC)c1ccc(CN(CC2CCCO2)C(=O)c2cc3sccc3n2C)cc1. The molecule has 0 bridgehead atoms. The minimum Gasteiger partial charge on any atom is -0.376 e. The highest BCUT2D eigenvalue weighted by Crippen LogP contribution is 2.26. The van der Waals surface area contributed by atoms with Gasteiger partial charge in [0.2, 0.25) is 0 Å². The third-order valence-electron chi connectivity index (χ3n) is 6.06. The first kappa shape index (κ1) is 20.9. The number of carbonyl (C=O) groups is 1. The maximum atomic E-state index is 13.5. The Hall–Kier alpha value is -2.31. The van der Waals surface area contributed by atoms with E-state index in [4.69, 9.17) is 4.74 Å². The van der Waals surface area contributed by atoms with E-state index >= 15 is 0 Å². The van der Waals surface area contributed by atoms with Crippen LogP contribution in [0.15, 0.2) is 41.8 Å². The van der Waals surface area contributed by atoms with Crippen LogP contribution in [-0.4, -0.2) is 47.7 Å². The molecule has 1 aromatic carbocycles. The lowest BCUT2D eigenvalue weighted by Crippen LogP contribution is -2.37. The number of nitrogens with zero attached hydrogens (tertiary/aromatic N) is 3. The number of hydrogen-bond acceptors (Lipinski definition) is 4. The summed E-state index contributed by atoms with van der Waals surface area (Å²) >= 11 is 1.68. The zero-order valence-corrected chi connectivity index (χ0v) is 19.0. The molecule has 1 unspecified atom stereocenters. The van der Waals surface area contributed by atoms with Gasteiger partial charge in [0.15, 0.2) is 0 Å². The van der Waals surface area contributed by atoms with Crippen LogP contribution in [0.4, 0.5) is 5.69 Å². The molecule has 5 nitrogen and oxygen atoms in total. The number of ether oxygens (including phenoxy) is 1. The monoisotopic (exact) mass is 425 g/mol. The maximum absolute atomic E-state index is 13.5. The van der Waals surface area contributed by atoms with Gasteiger partial charge in [0.1, 0.15) is 5.69 Å². The zero-order valence-electron chi connectivity index (χ0n) is 18.1. The van der Waals surface area contributed by atoms with Crippen LogP contribution in [0.5, 0.6) is 0 Å². The van der Waals surface area contributed by atoms with Crippen LogP contribution < -0.4 is 4.90 Å². The van der Waals surface area contributed by atoms with Crippen molar-refractivity contribution in [2.75, 3.05) is 31.1 Å². The van der Waals surface area contributed by atoms with E-state index < -0.39 is 0 Å². The van der Waals surface area contributed by atoms with Crippen molar-refractivity contribution in [3.8, 4) is 0 Å². The van der Waals surface area contributed by atoms with Crippen molar-refractivity contribution >= 4 is 33.1 Å². The van der Waals surface area contributed by atoms with E-state index in [1.165, 1.54) is 5.69 Å². The predicted octanol–water partition coefficient (Wildman–Crippen LogP) is 4.91. The second kappa shape index (κ2) is 9.23. The first-order valence-electron chi connectivity index (χ1n) is 10.9. The number of amides is 1. The van der Waals surface area contributed by atoms with Crippen LogP contribution in [-0.2, 0) is 18.3 Å². The van der Waals surface area contributed by atoms with Gasteiger partial charge in [-0.2, -0.15) is 0 Å². The molecular formula is C24H31N3O2S. The fourth-order valence-electron chi connectivity index (χ4n) is 4.29. The van der Waals surface area contributed by atoms with Crippen molar-refractivity contribution in [1.29, 1.82) is 0 Å². The highest BCUT2D eigenvalue weighted by Gasteiger charge is 2.26. The van der Waals surface area contributed by atoms with Gasteiger partial charge in [-0.1, -0.05) is 12.1 Å². The van der Waals surface area contributed by atoms with Crippen molar-refractivity contribution in [1.82, 2.24) is 9.47 Å². The van der Waals surface area contributed by atoms with Crippen LogP contribution >= 0.6 is 11.3 Å². The highest BCUT2D eigenvalue weighted by molar-refractivity contribution is 7.17. The molecule has 3 heterocycles. The van der Waals surface area contributed by atoms with Crippen LogP contribution in [0.3, 0.4) is 0 Å². The number of aromatic nitrogens is 1. The molecular weight excluding hydrogens is 394 g/mol. The molecule has 4 rings (SSSR count). The molecule has 2 aromatic heterocycles. The minimum absolute atomic E-state index is 0.0734. The van der Waals surface area contributed by atoms with Gasteiger partial charge >= 0.3 is 0 Å². The van der Waals surface area contributed by atoms with Crippen LogP contribution in [0, 0.1) is 0 Å². The molecule has 0 radical (unpaired) electrons. The molecule has 160 valence electrons. The molecule has 1 amide bonds. The van der Waals surface area contributed by atoms with E-state index in [9.17, 15) is 4.79 Å². The lowest BCUT2D eigenvalue weighted by molar-refractivity contribution is 0.0500. The van der Waals surface area contributed by atoms with E-state index in [1.54, 1.807) is 11.3 Å². The molecule has 0 N–H and O–H groups in total. The number of thiophene rings is 1. The molecule has 1 saturated heterocycles. The van der Waals surface area contributed by atoms with E-state index in [0.717, 1.165) is 54.0 Å². The molecule has 1 aliphatic heterocycles. The number of hydrogen-bond donors (Lipinski definition) is 0. The van der Waals surface area contributed by atoms with Gasteiger partial charge in [0, 0.05) is 45.5 Å². The Kier molecular flexibility index (Phi) is 6.44. The quantitative estimate of drug-likeness (QED) is 0.515. The molecule has 0 saturated carbocycles. The Morgan fingerprint density at radius 2 is 1.97 bits per heavy atom. The normalized spacial score (nSPS) is 16.3. The summed E-state index contributed by atoms with van der Waals surface area (Å²) in [4.78, 5) is 17.8. The number of fused-ring (bicyclic) bond motifs is 1. The lowest BCUT2D eigenvalue weighted by Gasteiger charge is -2.26. The second-order valence-electron chi connectivity index (χ2n) is 7.92. The number of aryl methyl sites for hydroxylation is 1. The van der Waals surface area contributed by atoms with Crippen molar-refractivity contribution in [2.45, 2.75) is 39.3 Å². The third-order valence-corrected chi connectivity index (χ3v) is 6.91. The average Bonchev–Trinajstić information content (AvgIpc) is 3.49. The number of anilines is 1. The molecule has 3 aromatic rings. The average molecular weight is 426 g/mol. The summed E-state index contributed by atoms with van der Waals surface area (Å²) in [5.41, 5.74) is 4.23. The number of carbonyl (C=O) groups excluding carboxylic acids is 1. The molecule has 6 heteroatoms. The summed E-state index contributed by atoms with van der Waals surface area (Å²) in [5, 5.41) is 2.07. The Balaban J connectivity index is 1.57. The summed E-state index contributed by atoms with van der Waals surface area (Å²) in [7, 11) is 1.98. The standard InChI is InChI=1S/C24H31N3O2S/c1-4-26(5-2)19-10-8-18(9-11-19)16-27(17-20-7-6-13-29-20)24(28)22-15-23-21(25(22)3)12-14-30-23/h8-12,14-15,20H,4-7,13,16-17H2,1-3H3. The first-order valence-corrected chi connectivity index (χ1v) is 11.8. The molecule has 0 aliphatic carbocycles. The number of rotatable bonds is 8. The van der Waals surface area contributed by atoms with Gasteiger partial charge in [0.25, 0.3) is 5.91 Å². The summed E-state index contributed by atoms with van der Waals surface area (Å²) in [6.07, 6.45) is 2.23. The summed E-state index contributed by atoms with van der Waals surface area (Å²) in [6.45, 7) is 8.35. The summed E-state index contributed by atoms with van der Waals surface area (Å²) < 4.78 is 9.02. The van der Waals surface area contributed by atoms with Crippen LogP contribution in [0.25, 0.3) is 10.2 Å². The first-order chi connectivity index (χ1) is 14.6. The van der Waals surface area contributed by atoms with Crippen molar-refractivity contribution < 1.29 is 9.53 Å². The molecule has 0 spiro atoms. The van der Waals surface area contributed by atoms with Gasteiger partial charge in [-0.3, -0.25) is 4.79 Å². The third kappa shape index (κ3) is 4.25. The Bertz CT molecular complexity index is 982. The van der Waals surface area contributed by atoms with Gasteiger partial charge in [-0.25, -0.2) is 0 Å². The molecule has 1 fully saturated rings. The Labute approximate surface area is 182 Å². The van der Waals surface area contributed by atoms with E-state index in [0.29, 0.717) is 13.1 Å². The van der Waals surface area contributed by atoms with Gasteiger partial charge in [0.05, 0.1) is 16.3 Å². The van der Waals surface area contributed by atoms with Gasteiger partial charge in [-0.05, 0) is 61.9 Å². The molecule has 1 atom stereocenters. The van der Waals surface area contributed by atoms with Crippen LogP contribution in [0.2, 0.25) is 0 Å². The van der Waals surface area contributed by atoms with Crippen molar-refractivity contribution in [3.05, 3.63) is 53.0 Å². The molecule has 1 aliphatic rings. The molecule has 30 heavy (non-hydrogen) atoms.